The van der Waals surface area contributed by atoms with Crippen LogP contribution in [-0.2, 0) is 0 Å². The first kappa shape index (κ1) is 57.0. The van der Waals surface area contributed by atoms with Crippen LogP contribution in [0.5, 0.6) is 0 Å². The Morgan fingerprint density at radius 2 is 0.383 bits per heavy atom. The predicted octanol–water partition coefficient (Wildman–Crippen LogP) is 25.8. The molecule has 0 unspecified atom stereocenters. The highest BCUT2D eigenvalue weighted by Gasteiger charge is 2.26. The van der Waals surface area contributed by atoms with Crippen molar-refractivity contribution in [2.75, 3.05) is 19.6 Å². The number of hydrogen-bond donors (Lipinski definition) is 0. The maximum atomic E-state index is 2.46. The van der Waals surface area contributed by atoms with E-state index in [0.29, 0.717) is 0 Å². The van der Waals surface area contributed by atoms with Gasteiger partial charge in [0.25, 0.3) is 0 Å². The summed E-state index contributed by atoms with van der Waals surface area (Å²) in [6, 6.07) is 133. The van der Waals surface area contributed by atoms with E-state index in [2.05, 4.69) is 397 Å². The van der Waals surface area contributed by atoms with E-state index >= 15 is 0 Å². The molecule has 16 aromatic carbocycles. The second-order valence-corrected chi connectivity index (χ2v) is 24.1. The molecule has 0 aliphatic heterocycles. The van der Waals surface area contributed by atoms with Crippen LogP contribution in [0.25, 0.3) is 76.5 Å². The molecule has 446 valence electrons. The van der Waals surface area contributed by atoms with Gasteiger partial charge in [0.05, 0.1) is 22.7 Å². The topological polar surface area (TPSA) is 13.0 Å². The number of aryl methyl sites for hydroxylation is 2. The van der Waals surface area contributed by atoms with E-state index in [1.807, 2.05) is 0 Å². The van der Waals surface area contributed by atoms with E-state index in [1.54, 1.807) is 0 Å². The lowest BCUT2D eigenvalue weighted by Gasteiger charge is -2.30. The fourth-order valence-electron chi connectivity index (χ4n) is 14.1. The average Bonchev–Trinajstić information content (AvgIpc) is 0.760. The van der Waals surface area contributed by atoms with Crippen molar-refractivity contribution in [3.8, 4) is 33.4 Å². The van der Waals surface area contributed by atoms with Gasteiger partial charge in [-0.1, -0.05) is 243 Å². The van der Waals surface area contributed by atoms with E-state index in [0.717, 1.165) is 113 Å². The molecule has 0 bridgehead atoms. The zero-order chi connectivity index (χ0) is 62.9. The maximum absolute atomic E-state index is 2.46. The molecule has 0 aliphatic rings. The number of rotatable bonds is 15. The van der Waals surface area contributed by atoms with Crippen LogP contribution < -0.4 is 19.6 Å². The third-order valence-electron chi connectivity index (χ3n) is 18.4. The highest BCUT2D eigenvalue weighted by Crippen LogP contribution is 2.51. The Hall–Kier alpha value is -12.2. The minimum absolute atomic E-state index is 1.03. The number of anilines is 12. The van der Waals surface area contributed by atoms with Crippen LogP contribution in [0.2, 0.25) is 0 Å². The van der Waals surface area contributed by atoms with Crippen LogP contribution in [0, 0.1) is 13.8 Å². The van der Waals surface area contributed by atoms with Gasteiger partial charge in [-0.15, -0.1) is 0 Å². The smallest absolute Gasteiger partial charge is 0.0540 e. The largest absolute Gasteiger partial charge is 0.310 e. The van der Waals surface area contributed by atoms with E-state index in [4.69, 9.17) is 0 Å². The normalized spacial score (nSPS) is 11.3. The molecule has 0 spiro atoms. The summed E-state index contributed by atoms with van der Waals surface area (Å²) in [6.07, 6.45) is 0. The van der Waals surface area contributed by atoms with E-state index in [9.17, 15) is 0 Å². The summed E-state index contributed by atoms with van der Waals surface area (Å²) in [5, 5.41) is 9.45. The number of benzene rings is 16. The second kappa shape index (κ2) is 24.9. The summed E-state index contributed by atoms with van der Waals surface area (Å²) in [6.45, 7) is 4.56. The van der Waals surface area contributed by atoms with Gasteiger partial charge in [-0.3, -0.25) is 0 Å². The van der Waals surface area contributed by atoms with Gasteiger partial charge in [-0.25, -0.2) is 0 Å². The van der Waals surface area contributed by atoms with E-state index < -0.39 is 0 Å². The molecule has 94 heavy (non-hydrogen) atoms. The summed E-state index contributed by atoms with van der Waals surface area (Å²) in [5.41, 5.74) is 22.0. The molecule has 4 nitrogen and oxygen atoms in total. The highest BCUT2D eigenvalue weighted by molar-refractivity contribution is 6.06. The zero-order valence-electron chi connectivity index (χ0n) is 52.4. The molecule has 4 heteroatoms. The summed E-state index contributed by atoms with van der Waals surface area (Å²) in [5.74, 6) is 0. The summed E-state index contributed by atoms with van der Waals surface area (Å²) >= 11 is 0. The molecule has 16 aromatic rings. The molecular weight excluding hydrogens is 1140 g/mol. The Labute approximate surface area is 550 Å². The van der Waals surface area contributed by atoms with Crippen LogP contribution in [0.1, 0.15) is 11.1 Å². The quantitative estimate of drug-likeness (QED) is 0.101. The molecule has 0 radical (unpaired) electrons. The summed E-state index contributed by atoms with van der Waals surface area (Å²) < 4.78 is 0. The lowest BCUT2D eigenvalue weighted by Crippen LogP contribution is -2.12. The average molecular weight is 1200 g/mol. The van der Waals surface area contributed by atoms with Gasteiger partial charge >= 0.3 is 0 Å². The lowest BCUT2D eigenvalue weighted by molar-refractivity contribution is 1.28. The van der Waals surface area contributed by atoms with Crippen molar-refractivity contribution in [1.29, 1.82) is 0 Å². The van der Waals surface area contributed by atoms with Gasteiger partial charge < -0.3 is 19.6 Å². The molecule has 0 heterocycles. The van der Waals surface area contributed by atoms with Crippen molar-refractivity contribution in [3.63, 3.8) is 0 Å². The van der Waals surface area contributed by atoms with Crippen molar-refractivity contribution in [2.24, 2.45) is 0 Å². The molecule has 0 aromatic heterocycles. The van der Waals surface area contributed by atoms with Gasteiger partial charge in [-0.05, 0) is 201 Å². The van der Waals surface area contributed by atoms with Gasteiger partial charge in [0.15, 0.2) is 0 Å². The molecular formula is C90H66N4. The van der Waals surface area contributed by atoms with Crippen molar-refractivity contribution < 1.29 is 0 Å². The number of hydrogen-bond acceptors (Lipinski definition) is 4. The zero-order valence-corrected chi connectivity index (χ0v) is 52.4. The van der Waals surface area contributed by atoms with Crippen molar-refractivity contribution >= 4 is 111 Å². The lowest BCUT2D eigenvalue weighted by atomic mass is 9.85. The summed E-state index contributed by atoms with van der Waals surface area (Å²) in [7, 11) is 0. The predicted molar refractivity (Wildman–Crippen MR) is 401 cm³/mol. The monoisotopic (exact) mass is 1200 g/mol. The van der Waals surface area contributed by atoms with Crippen molar-refractivity contribution in [3.05, 3.63) is 375 Å². The Kier molecular flexibility index (Phi) is 15.1. The molecule has 0 aliphatic carbocycles. The molecule has 0 saturated carbocycles. The Bertz CT molecular complexity index is 5070. The number of para-hydroxylation sites is 4. The van der Waals surface area contributed by atoms with Crippen LogP contribution in [0.3, 0.4) is 0 Å². The SMILES string of the molecule is Cc1cc(N(c2ccccc2)c2cccc3ccccc23)ccc1-c1ccc(N(c2ccccc2)c2cccc3ccccc23)cc1-c1cc(N(c2ccccc2)c2cccc3ccccc23)ccc1-c1ccc(N(c2ccccc2)c2cccc3ccccc23)cc1C. The minimum Gasteiger partial charge on any atom is -0.310 e. The molecule has 0 atom stereocenters. The first-order chi connectivity index (χ1) is 46.5. The van der Waals surface area contributed by atoms with Gasteiger partial charge in [-0.2, -0.15) is 0 Å². The van der Waals surface area contributed by atoms with Gasteiger partial charge in [0.2, 0.25) is 0 Å². The highest BCUT2D eigenvalue weighted by atomic mass is 15.2. The Morgan fingerprint density at radius 3 is 0.649 bits per heavy atom. The molecule has 0 amide bonds. The maximum Gasteiger partial charge on any atom is 0.0540 e. The van der Waals surface area contributed by atoms with Crippen LogP contribution >= 0.6 is 0 Å². The van der Waals surface area contributed by atoms with Crippen LogP contribution in [-0.4, -0.2) is 0 Å². The molecule has 16 rings (SSSR count). The first-order valence-electron chi connectivity index (χ1n) is 32.3. The molecule has 0 saturated heterocycles. The molecule has 0 N–H and O–H groups in total. The summed E-state index contributed by atoms with van der Waals surface area (Å²) in [4.78, 5) is 9.69. The molecule has 0 fully saturated rings. The fourth-order valence-corrected chi connectivity index (χ4v) is 14.1. The van der Waals surface area contributed by atoms with Gasteiger partial charge in [0.1, 0.15) is 0 Å². The van der Waals surface area contributed by atoms with Crippen LogP contribution in [0.4, 0.5) is 68.2 Å². The van der Waals surface area contributed by atoms with Gasteiger partial charge in [0, 0.05) is 67.0 Å². The Balaban J connectivity index is 0.964. The third kappa shape index (κ3) is 10.6. The third-order valence-corrected chi connectivity index (χ3v) is 18.4. The Morgan fingerprint density at radius 1 is 0.160 bits per heavy atom. The first-order valence-corrected chi connectivity index (χ1v) is 32.3. The van der Waals surface area contributed by atoms with Crippen molar-refractivity contribution in [1.82, 2.24) is 0 Å². The van der Waals surface area contributed by atoms with E-state index in [1.165, 1.54) is 43.1 Å². The minimum atomic E-state index is 1.03. The second-order valence-electron chi connectivity index (χ2n) is 24.1. The van der Waals surface area contributed by atoms with Crippen molar-refractivity contribution in [2.45, 2.75) is 13.8 Å². The fraction of sp³-hybridized carbons (Fsp3) is 0.0222. The van der Waals surface area contributed by atoms with Crippen LogP contribution in [0.15, 0.2) is 364 Å². The number of fused-ring (bicyclic) bond motifs is 4. The van der Waals surface area contributed by atoms with E-state index in [-0.39, 0.29) is 0 Å². The number of nitrogens with zero attached hydrogens (tertiary/aromatic N) is 4. The standard InChI is InChI=1S/C90H66N4/c1-63-59-73(91(69-35-7-3-8-36-69)87-47-23-31-65-27-15-19-43-79(65)87)51-55-77(63)83-57-53-75(93(71-39-11-5-12-40-71)89-49-25-33-67-29-17-21-45-81(67)89)61-85(83)86-62-76(94(72-41-13-6-14-42-72)90-50-26-34-68-30-18-22-46-82(68)90)54-58-84(86)78-56-52-74(60-64(78)2)92(70-37-9-4-10-38-70)88-48-24-32-66-28-16-20-44-80(66)88/h3-62H,1-2H3.